The van der Waals surface area contributed by atoms with Crippen LogP contribution < -0.4 is 11.1 Å². The minimum absolute atomic E-state index is 0.00135. The van der Waals surface area contributed by atoms with Gasteiger partial charge in [0.15, 0.2) is 0 Å². The lowest BCUT2D eigenvalue weighted by atomic mass is 9.93. The van der Waals surface area contributed by atoms with Crippen molar-refractivity contribution >= 4 is 11.8 Å². The van der Waals surface area contributed by atoms with E-state index in [1.807, 2.05) is 24.3 Å². The van der Waals surface area contributed by atoms with E-state index in [1.54, 1.807) is 4.90 Å². The number of hydrogen-bond donors (Lipinski definition) is 2. The zero-order valence-electron chi connectivity index (χ0n) is 12.0. The maximum atomic E-state index is 12.4. The van der Waals surface area contributed by atoms with Crippen molar-refractivity contribution in [3.8, 4) is 0 Å². The third-order valence-corrected chi connectivity index (χ3v) is 4.25. The Kier molecular flexibility index (Phi) is 3.92. The number of amides is 2. The van der Waals surface area contributed by atoms with Crippen molar-refractivity contribution in [1.82, 2.24) is 10.2 Å². The van der Waals surface area contributed by atoms with E-state index in [1.165, 1.54) is 12.8 Å². The fraction of sp³-hybridized carbons (Fsp3) is 0.500. The molecule has 3 N–H and O–H groups in total. The zero-order valence-corrected chi connectivity index (χ0v) is 12.0. The van der Waals surface area contributed by atoms with E-state index < -0.39 is 11.9 Å². The maximum Gasteiger partial charge on any atom is 0.240 e. The average Bonchev–Trinajstić information content (AvgIpc) is 3.30. The van der Waals surface area contributed by atoms with E-state index in [0.717, 1.165) is 11.1 Å². The smallest absolute Gasteiger partial charge is 0.240 e. The van der Waals surface area contributed by atoms with Gasteiger partial charge in [0.1, 0.15) is 6.04 Å². The van der Waals surface area contributed by atoms with Crippen molar-refractivity contribution in [2.75, 3.05) is 6.54 Å². The van der Waals surface area contributed by atoms with E-state index in [2.05, 4.69) is 5.32 Å². The largest absolute Gasteiger partial charge is 0.368 e. The van der Waals surface area contributed by atoms with Gasteiger partial charge in [-0.3, -0.25) is 9.59 Å². The van der Waals surface area contributed by atoms with Gasteiger partial charge in [-0.05, 0) is 24.0 Å². The van der Waals surface area contributed by atoms with Crippen molar-refractivity contribution in [2.24, 2.45) is 5.73 Å². The van der Waals surface area contributed by atoms with E-state index in [9.17, 15) is 9.59 Å². The number of benzene rings is 1. The quantitative estimate of drug-likeness (QED) is 0.831. The Balaban J connectivity index is 1.68. The molecule has 21 heavy (non-hydrogen) atoms. The first-order valence-corrected chi connectivity index (χ1v) is 7.54. The molecule has 2 amide bonds. The lowest BCUT2D eigenvalue weighted by Gasteiger charge is -2.35. The van der Waals surface area contributed by atoms with E-state index in [0.29, 0.717) is 32.0 Å². The Morgan fingerprint density at radius 2 is 1.95 bits per heavy atom. The molecule has 0 saturated heterocycles. The zero-order chi connectivity index (χ0) is 14.8. The molecule has 0 radical (unpaired) electrons. The van der Waals surface area contributed by atoms with Gasteiger partial charge in [0.05, 0.1) is 0 Å². The molecule has 3 rings (SSSR count). The first-order valence-electron chi connectivity index (χ1n) is 7.54. The predicted molar refractivity (Wildman–Crippen MR) is 79.3 cm³/mol. The van der Waals surface area contributed by atoms with Gasteiger partial charge in [0.25, 0.3) is 0 Å². The van der Waals surface area contributed by atoms with Gasteiger partial charge in [0.2, 0.25) is 11.8 Å². The molecule has 1 aromatic carbocycles. The summed E-state index contributed by atoms with van der Waals surface area (Å²) < 4.78 is 0. The molecule has 0 spiro atoms. The second kappa shape index (κ2) is 5.85. The molecular formula is C16H21N3O2. The van der Waals surface area contributed by atoms with Crippen LogP contribution in [0.5, 0.6) is 0 Å². The first-order chi connectivity index (χ1) is 10.1. The molecule has 1 heterocycles. The SMILES string of the molecule is NC(=O)[C@@H]1Cc2ccccc2CN1C(=O)CCNC1CC1. The van der Waals surface area contributed by atoms with Crippen LogP contribution >= 0.6 is 0 Å². The van der Waals surface area contributed by atoms with Crippen LogP contribution in [-0.4, -0.2) is 35.3 Å². The van der Waals surface area contributed by atoms with E-state index >= 15 is 0 Å². The molecule has 1 atom stereocenters. The van der Waals surface area contributed by atoms with Crippen LogP contribution in [0, 0.1) is 0 Å². The molecule has 0 bridgehead atoms. The monoisotopic (exact) mass is 287 g/mol. The van der Waals surface area contributed by atoms with Crippen LogP contribution in [0.25, 0.3) is 0 Å². The fourth-order valence-electron chi connectivity index (χ4n) is 2.85. The highest BCUT2D eigenvalue weighted by Crippen LogP contribution is 2.24. The summed E-state index contributed by atoms with van der Waals surface area (Å²) in [5, 5.41) is 3.33. The topological polar surface area (TPSA) is 75.4 Å². The van der Waals surface area contributed by atoms with Crippen molar-refractivity contribution < 1.29 is 9.59 Å². The fourth-order valence-corrected chi connectivity index (χ4v) is 2.85. The number of rotatable bonds is 5. The maximum absolute atomic E-state index is 12.4. The molecule has 0 aromatic heterocycles. The second-order valence-electron chi connectivity index (χ2n) is 5.89. The number of hydrogen-bond acceptors (Lipinski definition) is 3. The Morgan fingerprint density at radius 1 is 1.24 bits per heavy atom. The van der Waals surface area contributed by atoms with Crippen LogP contribution in [0.15, 0.2) is 24.3 Å². The highest BCUT2D eigenvalue weighted by molar-refractivity contribution is 5.87. The molecule has 5 heteroatoms. The van der Waals surface area contributed by atoms with Crippen molar-refractivity contribution in [1.29, 1.82) is 0 Å². The van der Waals surface area contributed by atoms with Crippen molar-refractivity contribution in [3.05, 3.63) is 35.4 Å². The number of carbonyl (C=O) groups is 2. The highest BCUT2D eigenvalue weighted by Gasteiger charge is 2.33. The number of carbonyl (C=O) groups excluding carboxylic acids is 2. The Morgan fingerprint density at radius 3 is 2.62 bits per heavy atom. The number of nitrogens with two attached hydrogens (primary N) is 1. The highest BCUT2D eigenvalue weighted by atomic mass is 16.2. The molecule has 112 valence electrons. The summed E-state index contributed by atoms with van der Waals surface area (Å²) in [5.41, 5.74) is 7.71. The van der Waals surface area contributed by atoms with Crippen LogP contribution in [0.4, 0.5) is 0 Å². The lowest BCUT2D eigenvalue weighted by Crippen LogP contribution is -2.51. The predicted octanol–water partition coefficient (Wildman–Crippen LogP) is 0.567. The number of nitrogens with one attached hydrogen (secondary N) is 1. The van der Waals surface area contributed by atoms with E-state index in [4.69, 9.17) is 5.73 Å². The van der Waals surface area contributed by atoms with Crippen LogP contribution in [-0.2, 0) is 22.6 Å². The van der Waals surface area contributed by atoms with Gasteiger partial charge in [-0.2, -0.15) is 0 Å². The summed E-state index contributed by atoms with van der Waals surface area (Å²) in [5.74, 6) is -0.422. The number of nitrogens with zero attached hydrogens (tertiary/aromatic N) is 1. The first kappa shape index (κ1) is 14.1. The second-order valence-corrected chi connectivity index (χ2v) is 5.89. The van der Waals surface area contributed by atoms with Gasteiger partial charge in [-0.25, -0.2) is 0 Å². The van der Waals surface area contributed by atoms with Crippen LogP contribution in [0.1, 0.15) is 30.4 Å². The molecule has 0 unspecified atom stereocenters. The molecule has 1 aliphatic heterocycles. The summed E-state index contributed by atoms with van der Waals surface area (Å²) in [6, 6.07) is 7.99. The molecule has 5 nitrogen and oxygen atoms in total. The van der Waals surface area contributed by atoms with Crippen LogP contribution in [0.2, 0.25) is 0 Å². The number of primary amides is 1. The lowest BCUT2D eigenvalue weighted by molar-refractivity contribution is -0.140. The normalized spacial score (nSPS) is 21.0. The minimum atomic E-state index is -0.520. The standard InChI is InChI=1S/C16H21N3O2/c17-16(21)14-9-11-3-1-2-4-12(11)10-19(14)15(20)7-8-18-13-5-6-13/h1-4,13-14,18H,5-10H2,(H2,17,21)/t14-/m0/s1. The summed E-state index contributed by atoms with van der Waals surface area (Å²) in [4.78, 5) is 25.7. The molecule has 1 aromatic rings. The molecule has 1 aliphatic carbocycles. The molecular weight excluding hydrogens is 266 g/mol. The van der Waals surface area contributed by atoms with Gasteiger partial charge in [0, 0.05) is 32.0 Å². The van der Waals surface area contributed by atoms with Gasteiger partial charge in [-0.1, -0.05) is 24.3 Å². The summed E-state index contributed by atoms with van der Waals surface area (Å²) in [6.45, 7) is 1.15. The Hall–Kier alpha value is -1.88. The third-order valence-electron chi connectivity index (χ3n) is 4.25. The number of fused-ring (bicyclic) bond motifs is 1. The van der Waals surface area contributed by atoms with Gasteiger partial charge < -0.3 is 16.0 Å². The Labute approximate surface area is 124 Å². The summed E-state index contributed by atoms with van der Waals surface area (Å²) >= 11 is 0. The summed E-state index contributed by atoms with van der Waals surface area (Å²) in [7, 11) is 0. The molecule has 1 fully saturated rings. The molecule has 2 aliphatic rings. The minimum Gasteiger partial charge on any atom is -0.368 e. The van der Waals surface area contributed by atoms with Gasteiger partial charge in [-0.15, -0.1) is 0 Å². The third kappa shape index (κ3) is 3.24. The Bertz CT molecular complexity index is 554. The molecule has 1 saturated carbocycles. The summed E-state index contributed by atoms with van der Waals surface area (Å²) in [6.07, 6.45) is 3.35. The van der Waals surface area contributed by atoms with Crippen molar-refractivity contribution in [3.63, 3.8) is 0 Å². The van der Waals surface area contributed by atoms with Gasteiger partial charge >= 0.3 is 0 Å². The van der Waals surface area contributed by atoms with E-state index in [-0.39, 0.29) is 5.91 Å². The van der Waals surface area contributed by atoms with Crippen molar-refractivity contribution in [2.45, 2.75) is 44.3 Å². The average molecular weight is 287 g/mol. The van der Waals surface area contributed by atoms with Crippen LogP contribution in [0.3, 0.4) is 0 Å².